The molecule has 0 aliphatic rings. The second kappa shape index (κ2) is 5.72. The van der Waals surface area contributed by atoms with Crippen LogP contribution in [0.1, 0.15) is 11.3 Å². The molecule has 0 bridgehead atoms. The Morgan fingerprint density at radius 1 is 1.58 bits per heavy atom. The Morgan fingerprint density at radius 2 is 2.37 bits per heavy atom. The zero-order valence-electron chi connectivity index (χ0n) is 10.1. The maximum Gasteiger partial charge on any atom is 0.293 e. The number of aromatic nitrogens is 1. The van der Waals surface area contributed by atoms with Crippen molar-refractivity contribution in [3.63, 3.8) is 0 Å². The van der Waals surface area contributed by atoms with Gasteiger partial charge >= 0.3 is 0 Å². The number of aryl methyl sites for hydroxylation is 1. The number of nitrogens with zero attached hydrogens (tertiary/aromatic N) is 2. The minimum atomic E-state index is -0.483. The Labute approximate surface area is 113 Å². The van der Waals surface area contributed by atoms with Crippen molar-refractivity contribution >= 4 is 23.1 Å². The summed E-state index contributed by atoms with van der Waals surface area (Å²) in [7, 11) is 0. The van der Waals surface area contributed by atoms with Gasteiger partial charge in [0, 0.05) is 11.8 Å². The number of hydrazine groups is 1. The molecule has 0 amide bonds. The molecule has 0 aliphatic heterocycles. The molecular weight excluding hydrogens is 268 g/mol. The van der Waals surface area contributed by atoms with Gasteiger partial charge in [-0.2, -0.15) is 0 Å². The maximum atomic E-state index is 10.8. The summed E-state index contributed by atoms with van der Waals surface area (Å²) in [4.78, 5) is 14.4. The van der Waals surface area contributed by atoms with Crippen LogP contribution >= 0.6 is 11.8 Å². The topological polar surface area (TPSA) is 107 Å². The smallest absolute Gasteiger partial charge is 0.293 e. The maximum absolute atomic E-state index is 10.8. The third-order valence-corrected chi connectivity index (χ3v) is 3.29. The summed E-state index contributed by atoms with van der Waals surface area (Å²) < 4.78 is 5.21. The monoisotopic (exact) mass is 280 g/mol. The lowest BCUT2D eigenvalue weighted by atomic mass is 10.2. The summed E-state index contributed by atoms with van der Waals surface area (Å²) in [5.41, 5.74) is 4.26. The third kappa shape index (κ3) is 3.24. The van der Waals surface area contributed by atoms with Gasteiger partial charge in [0.1, 0.15) is 12.0 Å². The van der Waals surface area contributed by atoms with E-state index >= 15 is 0 Å². The molecule has 0 fully saturated rings. The number of nitro benzene ring substituents is 1. The zero-order valence-corrected chi connectivity index (χ0v) is 10.9. The van der Waals surface area contributed by atoms with Crippen LogP contribution in [0.3, 0.4) is 0 Å². The van der Waals surface area contributed by atoms with E-state index < -0.39 is 4.92 Å². The second-order valence-electron chi connectivity index (χ2n) is 3.80. The van der Waals surface area contributed by atoms with E-state index in [2.05, 4.69) is 10.4 Å². The van der Waals surface area contributed by atoms with Crippen molar-refractivity contribution in [3.05, 3.63) is 45.8 Å². The molecule has 19 heavy (non-hydrogen) atoms. The molecule has 0 radical (unpaired) electrons. The molecule has 0 atom stereocenters. The zero-order chi connectivity index (χ0) is 13.8. The van der Waals surface area contributed by atoms with Gasteiger partial charge in [0.2, 0.25) is 0 Å². The number of anilines is 1. The number of hydrogen-bond acceptors (Lipinski definition) is 7. The Balaban J connectivity index is 2.11. The highest BCUT2D eigenvalue weighted by Crippen LogP contribution is 2.28. The summed E-state index contributed by atoms with van der Waals surface area (Å²) in [6.07, 6.45) is 1.57. The van der Waals surface area contributed by atoms with Crippen molar-refractivity contribution in [2.24, 2.45) is 5.84 Å². The standard InChI is InChI=1S/C11H12N4O3S/c1-7-5-18-11(13-7)19-6-8-2-3-10(15(16)17)9(4-8)14-12/h2-5,14H,6,12H2,1H3. The molecule has 1 aromatic heterocycles. The van der Waals surface area contributed by atoms with E-state index in [1.54, 1.807) is 18.4 Å². The number of nitrogens with two attached hydrogens (primary N) is 1. The van der Waals surface area contributed by atoms with Crippen LogP contribution in [-0.4, -0.2) is 9.91 Å². The number of nitro groups is 1. The molecule has 100 valence electrons. The van der Waals surface area contributed by atoms with Gasteiger partial charge in [-0.15, -0.1) is 0 Å². The number of nitrogen functional groups attached to an aromatic ring is 1. The molecule has 0 unspecified atom stereocenters. The van der Waals surface area contributed by atoms with E-state index in [1.165, 1.54) is 17.8 Å². The molecule has 0 saturated heterocycles. The fourth-order valence-corrected chi connectivity index (χ4v) is 2.29. The molecule has 1 aromatic carbocycles. The predicted octanol–water partition coefficient (Wildman–Crippen LogP) is 2.47. The van der Waals surface area contributed by atoms with E-state index in [1.807, 2.05) is 6.92 Å². The number of hydrogen-bond donors (Lipinski definition) is 2. The Hall–Kier alpha value is -2.06. The lowest BCUT2D eigenvalue weighted by Gasteiger charge is -2.04. The van der Waals surface area contributed by atoms with Gasteiger partial charge in [-0.05, 0) is 18.6 Å². The van der Waals surface area contributed by atoms with Crippen LogP contribution in [0.15, 0.2) is 34.1 Å². The first kappa shape index (κ1) is 13.4. The summed E-state index contributed by atoms with van der Waals surface area (Å²) >= 11 is 1.41. The van der Waals surface area contributed by atoms with Crippen LogP contribution in [-0.2, 0) is 5.75 Å². The quantitative estimate of drug-likeness (QED) is 0.375. The Kier molecular flexibility index (Phi) is 4.03. The molecule has 3 N–H and O–H groups in total. The highest BCUT2D eigenvalue weighted by Gasteiger charge is 2.13. The van der Waals surface area contributed by atoms with Gasteiger partial charge in [-0.1, -0.05) is 17.8 Å². The minimum absolute atomic E-state index is 0.0526. The number of rotatable bonds is 5. The summed E-state index contributed by atoms with van der Waals surface area (Å²) in [6.45, 7) is 1.84. The molecule has 2 aromatic rings. The fourth-order valence-electron chi connectivity index (χ4n) is 1.49. The first-order chi connectivity index (χ1) is 9.10. The molecule has 2 rings (SSSR count). The summed E-state index contributed by atoms with van der Waals surface area (Å²) in [5, 5.41) is 11.3. The summed E-state index contributed by atoms with van der Waals surface area (Å²) in [5.74, 6) is 5.87. The highest BCUT2D eigenvalue weighted by molar-refractivity contribution is 7.98. The molecule has 0 saturated carbocycles. The van der Waals surface area contributed by atoms with Gasteiger partial charge in [0.25, 0.3) is 10.9 Å². The van der Waals surface area contributed by atoms with Crippen molar-refractivity contribution in [1.82, 2.24) is 4.98 Å². The van der Waals surface area contributed by atoms with E-state index in [-0.39, 0.29) is 11.4 Å². The first-order valence-electron chi connectivity index (χ1n) is 5.39. The normalized spacial score (nSPS) is 10.4. The van der Waals surface area contributed by atoms with E-state index in [4.69, 9.17) is 10.3 Å². The van der Waals surface area contributed by atoms with Crippen LogP contribution in [0.25, 0.3) is 0 Å². The van der Waals surface area contributed by atoms with Gasteiger partial charge in [-0.3, -0.25) is 16.0 Å². The molecule has 7 nitrogen and oxygen atoms in total. The average Bonchev–Trinajstić information content (AvgIpc) is 2.81. The van der Waals surface area contributed by atoms with Gasteiger partial charge < -0.3 is 9.84 Å². The SMILES string of the molecule is Cc1coc(SCc2ccc([N+](=O)[O-])c(NN)c2)n1. The molecular formula is C11H12N4O3S. The molecule has 0 spiro atoms. The fraction of sp³-hybridized carbons (Fsp3) is 0.182. The van der Waals surface area contributed by atoms with Crippen molar-refractivity contribution in [3.8, 4) is 0 Å². The van der Waals surface area contributed by atoms with Crippen molar-refractivity contribution < 1.29 is 9.34 Å². The van der Waals surface area contributed by atoms with E-state index in [0.29, 0.717) is 11.0 Å². The van der Waals surface area contributed by atoms with Gasteiger partial charge in [-0.25, -0.2) is 4.98 Å². The first-order valence-corrected chi connectivity index (χ1v) is 6.37. The third-order valence-electron chi connectivity index (χ3n) is 2.37. The minimum Gasteiger partial charge on any atom is -0.440 e. The number of benzene rings is 1. The van der Waals surface area contributed by atoms with Gasteiger partial charge in [0.05, 0.1) is 10.6 Å². The van der Waals surface area contributed by atoms with Crippen LogP contribution in [0.5, 0.6) is 0 Å². The Bertz CT molecular complexity index is 599. The van der Waals surface area contributed by atoms with E-state index in [0.717, 1.165) is 11.3 Å². The number of oxazole rings is 1. The van der Waals surface area contributed by atoms with Crippen molar-refractivity contribution in [2.45, 2.75) is 17.9 Å². The van der Waals surface area contributed by atoms with E-state index in [9.17, 15) is 10.1 Å². The van der Waals surface area contributed by atoms with Gasteiger partial charge in [0.15, 0.2) is 0 Å². The van der Waals surface area contributed by atoms with Crippen molar-refractivity contribution in [1.29, 1.82) is 0 Å². The average molecular weight is 280 g/mol. The lowest BCUT2D eigenvalue weighted by Crippen LogP contribution is -2.09. The molecule has 0 aliphatic carbocycles. The second-order valence-corrected chi connectivity index (χ2v) is 4.72. The van der Waals surface area contributed by atoms with Crippen molar-refractivity contribution in [2.75, 3.05) is 5.43 Å². The van der Waals surface area contributed by atoms with Crippen LogP contribution in [0.4, 0.5) is 11.4 Å². The number of thioether (sulfide) groups is 1. The highest BCUT2D eigenvalue weighted by atomic mass is 32.2. The summed E-state index contributed by atoms with van der Waals surface area (Å²) in [6, 6.07) is 4.74. The predicted molar refractivity (Wildman–Crippen MR) is 71.7 cm³/mol. The molecule has 1 heterocycles. The molecule has 8 heteroatoms. The van der Waals surface area contributed by atoms with Crippen LogP contribution in [0.2, 0.25) is 0 Å². The number of nitrogens with one attached hydrogen (secondary N) is 1. The lowest BCUT2D eigenvalue weighted by molar-refractivity contribution is -0.384. The largest absolute Gasteiger partial charge is 0.440 e. The Morgan fingerprint density at radius 3 is 2.95 bits per heavy atom. The van der Waals surface area contributed by atoms with Crippen LogP contribution in [0, 0.1) is 17.0 Å². The van der Waals surface area contributed by atoms with Crippen LogP contribution < -0.4 is 11.3 Å².